The van der Waals surface area contributed by atoms with E-state index in [1.807, 2.05) is 33.7 Å². The van der Waals surface area contributed by atoms with E-state index >= 15 is 0 Å². The van der Waals surface area contributed by atoms with E-state index in [0.29, 0.717) is 42.8 Å². The van der Waals surface area contributed by atoms with Gasteiger partial charge in [-0.25, -0.2) is 9.97 Å². The monoisotopic (exact) mass is 548 g/mol. The van der Waals surface area contributed by atoms with Gasteiger partial charge in [0.25, 0.3) is 5.91 Å². The Morgan fingerprint density at radius 3 is 2.90 bits per heavy atom. The van der Waals surface area contributed by atoms with Crippen molar-refractivity contribution < 1.29 is 19.1 Å². The molecule has 11 heteroatoms. The van der Waals surface area contributed by atoms with Gasteiger partial charge in [-0.05, 0) is 62.6 Å². The Balaban J connectivity index is 1.43. The fourth-order valence-corrected chi connectivity index (χ4v) is 5.67. The maximum absolute atomic E-state index is 13.3. The number of nitrogens with zero attached hydrogens (tertiary/aromatic N) is 4. The average Bonchev–Trinajstić information content (AvgIpc) is 3.70. The highest BCUT2D eigenvalue weighted by atomic mass is 32.1. The summed E-state index contributed by atoms with van der Waals surface area (Å²) in [5, 5.41) is 16.2. The number of aromatic nitrogens is 3. The summed E-state index contributed by atoms with van der Waals surface area (Å²) in [6.45, 7) is 9.35. The number of anilines is 1. The Bertz CT molecular complexity index is 1480. The number of carbonyl (C=O) groups is 2. The third-order valence-electron chi connectivity index (χ3n) is 6.66. The van der Waals surface area contributed by atoms with Crippen LogP contribution in [0.15, 0.2) is 60.0 Å². The van der Waals surface area contributed by atoms with E-state index in [4.69, 9.17) is 9.40 Å². The first-order valence-electron chi connectivity index (χ1n) is 12.9. The largest absolute Gasteiger partial charge is 0.443 e. The Labute approximate surface area is 230 Å². The molecule has 0 aliphatic carbocycles. The molecule has 1 atom stereocenters. The molecule has 0 spiro atoms. The van der Waals surface area contributed by atoms with Crippen molar-refractivity contribution in [1.82, 2.24) is 24.8 Å². The fourth-order valence-electron chi connectivity index (χ4n) is 4.81. The minimum absolute atomic E-state index is 0.0310. The van der Waals surface area contributed by atoms with Crippen LogP contribution in [-0.4, -0.2) is 61.1 Å². The molecule has 0 radical (unpaired) electrons. The zero-order valence-electron chi connectivity index (χ0n) is 22.0. The second-order valence-corrected chi connectivity index (χ2v) is 11.4. The molecule has 0 unspecified atom stereocenters. The average molecular weight is 549 g/mol. The molecule has 10 nitrogen and oxygen atoms in total. The quantitative estimate of drug-likeness (QED) is 0.255. The minimum atomic E-state index is -0.811. The van der Waals surface area contributed by atoms with Gasteiger partial charge in [0.1, 0.15) is 0 Å². The van der Waals surface area contributed by atoms with Crippen LogP contribution < -0.4 is 10.6 Å². The van der Waals surface area contributed by atoms with Gasteiger partial charge in [-0.15, -0.1) is 11.3 Å². The summed E-state index contributed by atoms with van der Waals surface area (Å²) in [7, 11) is 0. The first-order valence-corrected chi connectivity index (χ1v) is 13.7. The molecule has 3 N–H and O–H groups in total. The SMILES string of the molecule is C=CC(=O)N1CCC[C@@H]1Cn1c(NC(=O)c2ccc(-c3cnco3)s2)nc2cc(CNCC(C)(C)O)ccc21. The van der Waals surface area contributed by atoms with Crippen LogP contribution in [0.5, 0.6) is 0 Å². The third-order valence-corrected chi connectivity index (χ3v) is 7.76. The molecule has 0 saturated carbocycles. The first kappa shape index (κ1) is 26.8. The number of likely N-dealkylation sites (tertiary alicyclic amines) is 1. The van der Waals surface area contributed by atoms with E-state index in [9.17, 15) is 14.7 Å². The van der Waals surface area contributed by atoms with Gasteiger partial charge in [-0.3, -0.25) is 14.9 Å². The van der Waals surface area contributed by atoms with E-state index in [1.54, 1.807) is 26.1 Å². The molecule has 1 aromatic carbocycles. The zero-order valence-corrected chi connectivity index (χ0v) is 22.8. The van der Waals surface area contributed by atoms with Crippen LogP contribution in [0.3, 0.4) is 0 Å². The van der Waals surface area contributed by atoms with Crippen molar-refractivity contribution in [2.45, 2.75) is 51.4 Å². The molecule has 5 rings (SSSR count). The lowest BCUT2D eigenvalue weighted by atomic mass is 10.1. The Hall–Kier alpha value is -3.80. The summed E-state index contributed by atoms with van der Waals surface area (Å²) < 4.78 is 7.33. The Kier molecular flexibility index (Phi) is 7.65. The zero-order chi connectivity index (χ0) is 27.6. The second kappa shape index (κ2) is 11.1. The van der Waals surface area contributed by atoms with Crippen molar-refractivity contribution in [3.63, 3.8) is 0 Å². The van der Waals surface area contributed by atoms with Crippen LogP contribution >= 0.6 is 11.3 Å². The lowest BCUT2D eigenvalue weighted by molar-refractivity contribution is -0.126. The molecule has 1 aliphatic rings. The van der Waals surface area contributed by atoms with Crippen LogP contribution in [0.25, 0.3) is 21.7 Å². The van der Waals surface area contributed by atoms with E-state index in [-0.39, 0.29) is 17.9 Å². The van der Waals surface area contributed by atoms with Gasteiger partial charge in [0.15, 0.2) is 12.2 Å². The molecule has 1 saturated heterocycles. The smallest absolute Gasteiger partial charge is 0.268 e. The number of hydrogen-bond acceptors (Lipinski definition) is 8. The van der Waals surface area contributed by atoms with E-state index in [1.165, 1.54) is 23.8 Å². The second-order valence-electron chi connectivity index (χ2n) is 10.3. The summed E-state index contributed by atoms with van der Waals surface area (Å²) in [4.78, 5) is 37.6. The van der Waals surface area contributed by atoms with Gasteiger partial charge >= 0.3 is 0 Å². The predicted octanol–water partition coefficient (Wildman–Crippen LogP) is 4.04. The van der Waals surface area contributed by atoms with Crippen LogP contribution in [-0.2, 0) is 17.9 Å². The molecule has 1 fully saturated rings. The predicted molar refractivity (Wildman–Crippen MR) is 150 cm³/mol. The van der Waals surface area contributed by atoms with Gasteiger partial charge in [-0.2, -0.15) is 0 Å². The molecule has 4 heterocycles. The van der Waals surface area contributed by atoms with Crippen molar-refractivity contribution in [2.24, 2.45) is 0 Å². The highest BCUT2D eigenvalue weighted by molar-refractivity contribution is 7.17. The third kappa shape index (κ3) is 6.11. The molecule has 4 aromatic rings. The summed E-state index contributed by atoms with van der Waals surface area (Å²) >= 11 is 1.31. The van der Waals surface area contributed by atoms with Crippen molar-refractivity contribution in [1.29, 1.82) is 0 Å². The first-order chi connectivity index (χ1) is 18.7. The number of benzene rings is 1. The number of hydrogen-bond donors (Lipinski definition) is 3. The van der Waals surface area contributed by atoms with Crippen LogP contribution in [0.4, 0.5) is 5.95 Å². The number of oxazole rings is 1. The number of rotatable bonds is 10. The lowest BCUT2D eigenvalue weighted by Crippen LogP contribution is -2.37. The highest BCUT2D eigenvalue weighted by Gasteiger charge is 2.29. The molecular formula is C28H32N6O4S. The van der Waals surface area contributed by atoms with Gasteiger partial charge < -0.3 is 24.3 Å². The molecule has 0 bridgehead atoms. The van der Waals surface area contributed by atoms with Crippen molar-refractivity contribution in [3.05, 3.63) is 66.0 Å². The van der Waals surface area contributed by atoms with E-state index < -0.39 is 5.60 Å². The van der Waals surface area contributed by atoms with Gasteiger partial charge in [0.2, 0.25) is 11.9 Å². The highest BCUT2D eigenvalue weighted by Crippen LogP contribution is 2.30. The van der Waals surface area contributed by atoms with E-state index in [0.717, 1.165) is 34.3 Å². The molecule has 204 valence electrons. The number of nitrogens with one attached hydrogen (secondary N) is 2. The Morgan fingerprint density at radius 2 is 2.15 bits per heavy atom. The summed E-state index contributed by atoms with van der Waals surface area (Å²) in [6.07, 6.45) is 6.09. The van der Waals surface area contributed by atoms with Crippen molar-refractivity contribution in [2.75, 3.05) is 18.4 Å². The van der Waals surface area contributed by atoms with Crippen molar-refractivity contribution >= 4 is 40.1 Å². The number of carbonyl (C=O) groups excluding carboxylic acids is 2. The topological polar surface area (TPSA) is 126 Å². The van der Waals surface area contributed by atoms with Gasteiger partial charge in [0.05, 0.1) is 38.6 Å². The number of imidazole rings is 1. The number of fused-ring (bicyclic) bond motifs is 1. The molecule has 3 aromatic heterocycles. The standard InChI is InChI=1S/C28H32N6O4S/c1-4-25(35)33-11-5-6-19(33)15-34-21-8-7-18(13-29-16-28(2,3)37)12-20(21)31-27(34)32-26(36)24-10-9-23(39-24)22-14-30-17-38-22/h4,7-10,12,14,17,19,29,37H,1,5-6,11,13,15-16H2,2-3H3,(H,31,32,36)/t19-/m1/s1. The lowest BCUT2D eigenvalue weighted by Gasteiger charge is -2.24. The number of thiophene rings is 1. The number of amides is 2. The summed E-state index contributed by atoms with van der Waals surface area (Å²) in [6, 6.07) is 9.52. The van der Waals surface area contributed by atoms with E-state index in [2.05, 4.69) is 22.2 Å². The maximum atomic E-state index is 13.3. The molecule has 1 aliphatic heterocycles. The molecule has 2 amide bonds. The normalized spacial score (nSPS) is 15.7. The van der Waals surface area contributed by atoms with Crippen LogP contribution in [0.1, 0.15) is 41.9 Å². The Morgan fingerprint density at radius 1 is 1.31 bits per heavy atom. The van der Waals surface area contributed by atoms with Crippen LogP contribution in [0.2, 0.25) is 0 Å². The van der Waals surface area contributed by atoms with Gasteiger partial charge in [-0.1, -0.05) is 12.6 Å². The molecular weight excluding hydrogens is 516 g/mol. The minimum Gasteiger partial charge on any atom is -0.443 e. The van der Waals surface area contributed by atoms with Gasteiger partial charge in [0, 0.05) is 26.2 Å². The fraction of sp³-hybridized carbons (Fsp3) is 0.357. The van der Waals surface area contributed by atoms with Crippen molar-refractivity contribution in [3.8, 4) is 10.6 Å². The summed E-state index contributed by atoms with van der Waals surface area (Å²) in [5.41, 5.74) is 1.80. The van der Waals surface area contributed by atoms with Crippen LogP contribution in [0, 0.1) is 0 Å². The number of aliphatic hydroxyl groups is 1. The summed E-state index contributed by atoms with van der Waals surface area (Å²) in [5.74, 6) is 0.653. The maximum Gasteiger partial charge on any atom is 0.268 e. The molecule has 39 heavy (non-hydrogen) atoms.